The summed E-state index contributed by atoms with van der Waals surface area (Å²) in [6, 6.07) is 0.305. The van der Waals surface area contributed by atoms with Gasteiger partial charge in [-0.3, -0.25) is 19.3 Å². The predicted molar refractivity (Wildman–Crippen MR) is 67.2 cm³/mol. The standard InChI is InChI=1S/C14H10F2N2O3/c1-6-2-3-10(12(19)17-6)18-13(20)8-4-7(15)5-9(16)11(8)14(18)21/h4-5,10H,1-3H2,(H,17,19). The number of carbonyl (C=O) groups is 3. The Kier molecular flexibility index (Phi) is 2.86. The molecular formula is C14H10F2N2O3. The highest BCUT2D eigenvalue weighted by molar-refractivity contribution is 6.23. The van der Waals surface area contributed by atoms with Crippen LogP contribution < -0.4 is 5.32 Å². The van der Waals surface area contributed by atoms with Crippen molar-refractivity contribution >= 4 is 17.7 Å². The zero-order valence-corrected chi connectivity index (χ0v) is 10.8. The first-order valence-electron chi connectivity index (χ1n) is 6.25. The van der Waals surface area contributed by atoms with Crippen molar-refractivity contribution in [1.82, 2.24) is 10.2 Å². The van der Waals surface area contributed by atoms with Gasteiger partial charge in [0, 0.05) is 11.8 Å². The molecule has 2 heterocycles. The Labute approximate surface area is 118 Å². The average molecular weight is 292 g/mol. The van der Waals surface area contributed by atoms with Crippen LogP contribution >= 0.6 is 0 Å². The maximum Gasteiger partial charge on any atom is 0.265 e. The van der Waals surface area contributed by atoms with Gasteiger partial charge < -0.3 is 5.32 Å². The monoisotopic (exact) mass is 292 g/mol. The minimum atomic E-state index is -1.11. The number of allylic oxidation sites excluding steroid dienone is 1. The molecule has 0 radical (unpaired) electrons. The molecular weight excluding hydrogens is 282 g/mol. The fraction of sp³-hybridized carbons (Fsp3) is 0.214. The van der Waals surface area contributed by atoms with Crippen LogP contribution in [0.5, 0.6) is 0 Å². The first-order chi connectivity index (χ1) is 9.90. The molecule has 108 valence electrons. The SMILES string of the molecule is C=C1CCC(N2C(=O)c3cc(F)cc(F)c3C2=O)C(=O)N1. The second-order valence-electron chi connectivity index (χ2n) is 4.94. The summed E-state index contributed by atoms with van der Waals surface area (Å²) in [7, 11) is 0. The molecule has 1 aromatic carbocycles. The van der Waals surface area contributed by atoms with Crippen molar-refractivity contribution in [1.29, 1.82) is 0 Å². The Morgan fingerprint density at radius 3 is 2.57 bits per heavy atom. The molecule has 2 aliphatic rings. The molecule has 1 atom stereocenters. The quantitative estimate of drug-likeness (QED) is 0.795. The molecule has 1 saturated heterocycles. The van der Waals surface area contributed by atoms with Crippen molar-refractivity contribution in [2.24, 2.45) is 0 Å². The Balaban J connectivity index is 2.02. The normalized spacial score (nSPS) is 21.6. The highest BCUT2D eigenvalue weighted by Gasteiger charge is 2.45. The number of nitrogens with zero attached hydrogens (tertiary/aromatic N) is 1. The number of hydrogen-bond acceptors (Lipinski definition) is 3. The minimum absolute atomic E-state index is 0.209. The Bertz CT molecular complexity index is 714. The van der Waals surface area contributed by atoms with Crippen molar-refractivity contribution in [2.75, 3.05) is 0 Å². The molecule has 1 unspecified atom stereocenters. The molecule has 0 spiro atoms. The molecule has 3 rings (SSSR count). The Morgan fingerprint density at radius 2 is 1.90 bits per heavy atom. The van der Waals surface area contributed by atoms with E-state index in [2.05, 4.69) is 11.9 Å². The van der Waals surface area contributed by atoms with Gasteiger partial charge in [0.05, 0.1) is 11.1 Å². The van der Waals surface area contributed by atoms with Gasteiger partial charge in [-0.25, -0.2) is 8.78 Å². The highest BCUT2D eigenvalue weighted by Crippen LogP contribution is 2.30. The molecule has 0 aromatic heterocycles. The molecule has 2 aliphatic heterocycles. The van der Waals surface area contributed by atoms with Crippen molar-refractivity contribution in [3.05, 3.63) is 47.2 Å². The summed E-state index contributed by atoms with van der Waals surface area (Å²) in [4.78, 5) is 37.0. The van der Waals surface area contributed by atoms with Gasteiger partial charge in [0.25, 0.3) is 11.8 Å². The molecule has 5 nitrogen and oxygen atoms in total. The van der Waals surface area contributed by atoms with Crippen molar-refractivity contribution in [2.45, 2.75) is 18.9 Å². The molecule has 1 aromatic rings. The lowest BCUT2D eigenvalue weighted by Crippen LogP contribution is -2.51. The molecule has 1 fully saturated rings. The first-order valence-corrected chi connectivity index (χ1v) is 6.25. The topological polar surface area (TPSA) is 66.5 Å². The third kappa shape index (κ3) is 1.93. The Morgan fingerprint density at radius 1 is 1.19 bits per heavy atom. The van der Waals surface area contributed by atoms with E-state index in [1.165, 1.54) is 0 Å². The zero-order chi connectivity index (χ0) is 15.3. The van der Waals surface area contributed by atoms with Gasteiger partial charge in [0.1, 0.15) is 17.7 Å². The molecule has 0 aliphatic carbocycles. The lowest BCUT2D eigenvalue weighted by molar-refractivity contribution is -0.125. The van der Waals surface area contributed by atoms with E-state index in [4.69, 9.17) is 0 Å². The smallest absolute Gasteiger partial charge is 0.265 e. The second-order valence-corrected chi connectivity index (χ2v) is 4.94. The minimum Gasteiger partial charge on any atom is -0.329 e. The van der Waals surface area contributed by atoms with Crippen LogP contribution in [0.1, 0.15) is 33.6 Å². The van der Waals surface area contributed by atoms with Crippen LogP contribution in [0.3, 0.4) is 0 Å². The molecule has 3 amide bonds. The number of piperidine rings is 1. The molecule has 0 bridgehead atoms. The van der Waals surface area contributed by atoms with Crippen LogP contribution in [0.2, 0.25) is 0 Å². The van der Waals surface area contributed by atoms with Crippen molar-refractivity contribution in [3.8, 4) is 0 Å². The van der Waals surface area contributed by atoms with Crippen molar-refractivity contribution < 1.29 is 23.2 Å². The van der Waals surface area contributed by atoms with E-state index >= 15 is 0 Å². The molecule has 0 saturated carbocycles. The van der Waals surface area contributed by atoms with Gasteiger partial charge in [0.15, 0.2) is 0 Å². The maximum absolute atomic E-state index is 13.7. The third-order valence-electron chi connectivity index (χ3n) is 3.57. The van der Waals surface area contributed by atoms with E-state index < -0.39 is 41.0 Å². The first kappa shape index (κ1) is 13.4. The van der Waals surface area contributed by atoms with Gasteiger partial charge in [0.2, 0.25) is 5.91 Å². The van der Waals surface area contributed by atoms with E-state index in [9.17, 15) is 23.2 Å². The summed E-state index contributed by atoms with van der Waals surface area (Å²) in [5.41, 5.74) is -0.349. The largest absolute Gasteiger partial charge is 0.329 e. The van der Waals surface area contributed by atoms with Crippen LogP contribution in [-0.4, -0.2) is 28.7 Å². The number of imide groups is 1. The maximum atomic E-state index is 13.7. The van der Waals surface area contributed by atoms with Gasteiger partial charge in [-0.05, 0) is 18.9 Å². The number of halogens is 2. The fourth-order valence-corrected chi connectivity index (χ4v) is 2.59. The van der Waals surface area contributed by atoms with Crippen molar-refractivity contribution in [3.63, 3.8) is 0 Å². The second kappa shape index (κ2) is 4.47. The zero-order valence-electron chi connectivity index (χ0n) is 10.8. The van der Waals surface area contributed by atoms with E-state index in [0.29, 0.717) is 23.1 Å². The molecule has 21 heavy (non-hydrogen) atoms. The third-order valence-corrected chi connectivity index (χ3v) is 3.57. The number of carbonyl (C=O) groups excluding carboxylic acids is 3. The van der Waals surface area contributed by atoms with E-state index in [0.717, 1.165) is 6.07 Å². The van der Waals surface area contributed by atoms with Crippen LogP contribution in [-0.2, 0) is 4.79 Å². The van der Waals surface area contributed by atoms with Crippen LogP contribution in [0.15, 0.2) is 24.4 Å². The number of fused-ring (bicyclic) bond motifs is 1. The van der Waals surface area contributed by atoms with Gasteiger partial charge >= 0.3 is 0 Å². The van der Waals surface area contributed by atoms with Gasteiger partial charge in [-0.1, -0.05) is 6.58 Å². The summed E-state index contributed by atoms with van der Waals surface area (Å²) < 4.78 is 26.9. The number of rotatable bonds is 1. The average Bonchev–Trinajstić information content (AvgIpc) is 2.63. The van der Waals surface area contributed by atoms with Gasteiger partial charge in [-0.2, -0.15) is 0 Å². The summed E-state index contributed by atoms with van der Waals surface area (Å²) in [6.45, 7) is 3.60. The summed E-state index contributed by atoms with van der Waals surface area (Å²) in [5.74, 6) is -4.38. The van der Waals surface area contributed by atoms with Crippen LogP contribution in [0, 0.1) is 11.6 Å². The number of hydrogen-bond donors (Lipinski definition) is 1. The number of benzene rings is 1. The van der Waals surface area contributed by atoms with E-state index in [-0.39, 0.29) is 12.0 Å². The van der Waals surface area contributed by atoms with E-state index in [1.54, 1.807) is 0 Å². The fourth-order valence-electron chi connectivity index (χ4n) is 2.59. The van der Waals surface area contributed by atoms with Crippen LogP contribution in [0.4, 0.5) is 8.78 Å². The molecule has 7 heteroatoms. The number of amides is 3. The lowest BCUT2D eigenvalue weighted by Gasteiger charge is -2.29. The predicted octanol–water partition coefficient (Wildman–Crippen LogP) is 1.35. The lowest BCUT2D eigenvalue weighted by atomic mass is 10.0. The van der Waals surface area contributed by atoms with Crippen LogP contribution in [0.25, 0.3) is 0 Å². The van der Waals surface area contributed by atoms with E-state index in [1.807, 2.05) is 0 Å². The number of nitrogens with one attached hydrogen (secondary N) is 1. The molecule has 1 N–H and O–H groups in total. The Hall–Kier alpha value is -2.57. The van der Waals surface area contributed by atoms with Gasteiger partial charge in [-0.15, -0.1) is 0 Å². The summed E-state index contributed by atoms with van der Waals surface area (Å²) in [5, 5.41) is 2.45. The summed E-state index contributed by atoms with van der Waals surface area (Å²) >= 11 is 0. The summed E-state index contributed by atoms with van der Waals surface area (Å²) in [6.07, 6.45) is 0.612. The highest BCUT2D eigenvalue weighted by atomic mass is 19.1.